The van der Waals surface area contributed by atoms with Gasteiger partial charge in [-0.2, -0.15) is 0 Å². The highest BCUT2D eigenvalue weighted by atomic mass is 15.2. The normalized spacial score (nSPS) is 18.6. The lowest BCUT2D eigenvalue weighted by Crippen LogP contribution is -2.54. The fourth-order valence-corrected chi connectivity index (χ4v) is 2.19. The Kier molecular flexibility index (Phi) is 3.51. The molecule has 0 spiro atoms. The van der Waals surface area contributed by atoms with Gasteiger partial charge in [0.05, 0.1) is 0 Å². The van der Waals surface area contributed by atoms with Gasteiger partial charge in [-0.25, -0.2) is 9.97 Å². The van der Waals surface area contributed by atoms with Gasteiger partial charge < -0.3 is 5.32 Å². The summed E-state index contributed by atoms with van der Waals surface area (Å²) in [6.07, 6.45) is 4.54. The molecule has 0 atom stereocenters. The molecular formula is C12H20N4. The van der Waals surface area contributed by atoms with Crippen molar-refractivity contribution in [2.45, 2.75) is 25.8 Å². The number of nitrogens with one attached hydrogen (secondary N) is 1. The maximum absolute atomic E-state index is 4.31. The van der Waals surface area contributed by atoms with Crippen molar-refractivity contribution in [3.63, 3.8) is 0 Å². The molecule has 0 aromatic carbocycles. The fraction of sp³-hybridized carbons (Fsp3) is 0.667. The Balaban J connectivity index is 2.01. The van der Waals surface area contributed by atoms with Crippen molar-refractivity contribution in [3.8, 4) is 0 Å². The molecule has 1 aromatic heterocycles. The average Bonchev–Trinajstić information content (AvgIpc) is 2.31. The van der Waals surface area contributed by atoms with Gasteiger partial charge in [0.1, 0.15) is 5.82 Å². The summed E-state index contributed by atoms with van der Waals surface area (Å²) in [6.45, 7) is 8.93. The molecule has 1 N–H and O–H groups in total. The number of piperazine rings is 1. The molecule has 88 valence electrons. The highest BCUT2D eigenvalue weighted by Gasteiger charge is 2.28. The van der Waals surface area contributed by atoms with E-state index in [1.54, 1.807) is 0 Å². The molecule has 0 bridgehead atoms. The number of hydrogen-bond donors (Lipinski definition) is 1. The van der Waals surface area contributed by atoms with Crippen molar-refractivity contribution < 1.29 is 0 Å². The van der Waals surface area contributed by atoms with Crippen LogP contribution in [0, 0.1) is 0 Å². The average molecular weight is 220 g/mol. The molecule has 2 heterocycles. The smallest absolute Gasteiger partial charge is 0.130 e. The fourth-order valence-electron chi connectivity index (χ4n) is 2.19. The zero-order valence-electron chi connectivity index (χ0n) is 10.1. The molecule has 0 radical (unpaired) electrons. The van der Waals surface area contributed by atoms with Gasteiger partial charge in [0.25, 0.3) is 0 Å². The standard InChI is InChI=1S/C12H20N4/c1-12(2,16-8-6-13-7-9-16)10-11-14-4-3-5-15-11/h3-5,13H,6-10H2,1-2H3. The number of aromatic nitrogens is 2. The lowest BCUT2D eigenvalue weighted by molar-refractivity contribution is 0.102. The second-order valence-corrected chi connectivity index (χ2v) is 4.89. The van der Waals surface area contributed by atoms with Crippen LogP contribution in [-0.4, -0.2) is 46.6 Å². The molecule has 1 saturated heterocycles. The van der Waals surface area contributed by atoms with E-state index in [1.807, 2.05) is 18.5 Å². The van der Waals surface area contributed by atoms with Gasteiger partial charge in [0.15, 0.2) is 0 Å². The van der Waals surface area contributed by atoms with Gasteiger partial charge in [-0.1, -0.05) is 0 Å². The number of nitrogens with zero attached hydrogens (tertiary/aromatic N) is 3. The van der Waals surface area contributed by atoms with Crippen LogP contribution in [0.15, 0.2) is 18.5 Å². The van der Waals surface area contributed by atoms with Crippen molar-refractivity contribution in [1.82, 2.24) is 20.2 Å². The lowest BCUT2D eigenvalue weighted by atomic mass is 9.96. The highest BCUT2D eigenvalue weighted by molar-refractivity contribution is 4.97. The first kappa shape index (κ1) is 11.5. The predicted octanol–water partition coefficient (Wildman–Crippen LogP) is 0.703. The molecule has 0 aliphatic carbocycles. The van der Waals surface area contributed by atoms with E-state index in [-0.39, 0.29) is 5.54 Å². The molecule has 16 heavy (non-hydrogen) atoms. The second-order valence-electron chi connectivity index (χ2n) is 4.89. The summed E-state index contributed by atoms with van der Waals surface area (Å²) in [5.41, 5.74) is 0.142. The van der Waals surface area contributed by atoms with Crippen LogP contribution in [0.1, 0.15) is 19.7 Å². The number of hydrogen-bond acceptors (Lipinski definition) is 4. The summed E-state index contributed by atoms with van der Waals surface area (Å²) in [6, 6.07) is 1.86. The van der Waals surface area contributed by atoms with Crippen LogP contribution in [-0.2, 0) is 6.42 Å². The van der Waals surface area contributed by atoms with Crippen LogP contribution in [0.4, 0.5) is 0 Å². The molecule has 2 rings (SSSR count). The molecule has 0 amide bonds. The van der Waals surface area contributed by atoms with E-state index in [1.165, 1.54) is 0 Å². The van der Waals surface area contributed by atoms with Crippen LogP contribution in [0.5, 0.6) is 0 Å². The minimum atomic E-state index is 0.142. The molecule has 0 unspecified atom stereocenters. The molecule has 4 nitrogen and oxygen atoms in total. The first-order valence-electron chi connectivity index (χ1n) is 5.90. The summed E-state index contributed by atoms with van der Waals surface area (Å²) in [5, 5.41) is 3.38. The molecule has 1 aliphatic heterocycles. The zero-order chi connectivity index (χ0) is 11.4. The topological polar surface area (TPSA) is 41.1 Å². The van der Waals surface area contributed by atoms with Crippen molar-refractivity contribution in [3.05, 3.63) is 24.3 Å². The maximum Gasteiger partial charge on any atom is 0.130 e. The maximum atomic E-state index is 4.31. The van der Waals surface area contributed by atoms with Crippen LogP contribution < -0.4 is 5.32 Å². The van der Waals surface area contributed by atoms with Gasteiger partial charge >= 0.3 is 0 Å². The summed E-state index contributed by atoms with van der Waals surface area (Å²) < 4.78 is 0. The molecule has 1 aromatic rings. The van der Waals surface area contributed by atoms with E-state index in [0.29, 0.717) is 0 Å². The van der Waals surface area contributed by atoms with E-state index < -0.39 is 0 Å². The monoisotopic (exact) mass is 220 g/mol. The Hall–Kier alpha value is -1.00. The largest absolute Gasteiger partial charge is 0.314 e. The third kappa shape index (κ3) is 2.77. The molecule has 0 saturated carbocycles. The first-order chi connectivity index (χ1) is 7.68. The Labute approximate surface area is 97.1 Å². The molecular weight excluding hydrogens is 200 g/mol. The zero-order valence-corrected chi connectivity index (χ0v) is 10.1. The lowest BCUT2D eigenvalue weighted by Gasteiger charge is -2.40. The Morgan fingerprint density at radius 1 is 1.25 bits per heavy atom. The first-order valence-corrected chi connectivity index (χ1v) is 5.90. The van der Waals surface area contributed by atoms with Crippen molar-refractivity contribution in [1.29, 1.82) is 0 Å². The van der Waals surface area contributed by atoms with Gasteiger partial charge in [-0.15, -0.1) is 0 Å². The van der Waals surface area contributed by atoms with Crippen molar-refractivity contribution in [2.75, 3.05) is 26.2 Å². The van der Waals surface area contributed by atoms with Gasteiger partial charge in [0.2, 0.25) is 0 Å². The van der Waals surface area contributed by atoms with Crippen LogP contribution in [0.2, 0.25) is 0 Å². The quantitative estimate of drug-likeness (QED) is 0.814. The Morgan fingerprint density at radius 2 is 1.88 bits per heavy atom. The van der Waals surface area contributed by atoms with Gasteiger partial charge in [-0.3, -0.25) is 4.90 Å². The van der Waals surface area contributed by atoms with E-state index in [2.05, 4.69) is 34.0 Å². The SMILES string of the molecule is CC(C)(Cc1ncccn1)N1CCNCC1. The summed E-state index contributed by atoms with van der Waals surface area (Å²) in [5.74, 6) is 0.936. The van der Waals surface area contributed by atoms with Gasteiger partial charge in [-0.05, 0) is 19.9 Å². The highest BCUT2D eigenvalue weighted by Crippen LogP contribution is 2.18. The molecule has 1 fully saturated rings. The second kappa shape index (κ2) is 4.89. The minimum absolute atomic E-state index is 0.142. The van der Waals surface area contributed by atoms with Gasteiger partial charge in [0, 0.05) is 50.5 Å². The van der Waals surface area contributed by atoms with Crippen molar-refractivity contribution >= 4 is 0 Å². The summed E-state index contributed by atoms with van der Waals surface area (Å²) >= 11 is 0. The molecule has 1 aliphatic rings. The van der Waals surface area contributed by atoms with E-state index in [9.17, 15) is 0 Å². The Bertz CT molecular complexity index is 317. The summed E-state index contributed by atoms with van der Waals surface area (Å²) in [7, 11) is 0. The van der Waals surface area contributed by atoms with E-state index in [0.717, 1.165) is 38.4 Å². The number of rotatable bonds is 3. The Morgan fingerprint density at radius 3 is 2.50 bits per heavy atom. The third-order valence-electron chi connectivity index (χ3n) is 3.18. The van der Waals surface area contributed by atoms with Crippen molar-refractivity contribution in [2.24, 2.45) is 0 Å². The summed E-state index contributed by atoms with van der Waals surface area (Å²) in [4.78, 5) is 11.1. The molecule has 4 heteroatoms. The van der Waals surface area contributed by atoms with Crippen LogP contribution in [0.25, 0.3) is 0 Å². The predicted molar refractivity (Wildman–Crippen MR) is 64.3 cm³/mol. The minimum Gasteiger partial charge on any atom is -0.314 e. The third-order valence-corrected chi connectivity index (χ3v) is 3.18. The van der Waals surface area contributed by atoms with E-state index in [4.69, 9.17) is 0 Å². The van der Waals surface area contributed by atoms with E-state index >= 15 is 0 Å². The van der Waals surface area contributed by atoms with Crippen LogP contribution in [0.3, 0.4) is 0 Å². The van der Waals surface area contributed by atoms with Crippen LogP contribution >= 0.6 is 0 Å².